The van der Waals surface area contributed by atoms with Gasteiger partial charge in [-0.15, -0.1) is 24.0 Å². The summed E-state index contributed by atoms with van der Waals surface area (Å²) in [5.74, 6) is 0.710. The van der Waals surface area contributed by atoms with Crippen molar-refractivity contribution in [1.29, 1.82) is 0 Å². The minimum atomic E-state index is -1.05. The van der Waals surface area contributed by atoms with Crippen molar-refractivity contribution >= 4 is 29.9 Å². The lowest BCUT2D eigenvalue weighted by Crippen LogP contribution is -2.39. The summed E-state index contributed by atoms with van der Waals surface area (Å²) in [4.78, 5) is 4.53. The molecule has 1 aromatic heterocycles. The number of rotatable bonds is 12. The van der Waals surface area contributed by atoms with Gasteiger partial charge in [-0.05, 0) is 38.7 Å². The molecule has 0 aliphatic rings. The number of nitrogens with one attached hydrogen (secondary N) is 2. The van der Waals surface area contributed by atoms with Gasteiger partial charge in [-0.2, -0.15) is 5.10 Å². The Labute approximate surface area is 197 Å². The minimum Gasteiger partial charge on any atom is -0.383 e. The van der Waals surface area contributed by atoms with Gasteiger partial charge in [0.05, 0.1) is 19.3 Å². The van der Waals surface area contributed by atoms with E-state index in [1.165, 1.54) is 5.56 Å². The molecule has 1 heterocycles. The molecule has 0 radical (unpaired) electrons. The molecular weight excluding hydrogens is 493 g/mol. The average Bonchev–Trinajstić information content (AvgIpc) is 3.16. The first-order valence-electron chi connectivity index (χ1n) is 10.4. The standard InChI is InChI=1S/C22H35N5O2.HI/c1-4-23-21(25-18-22(2,28)20-16-26-27(3)17-20)24-13-8-9-14-29-15-12-19-10-6-5-7-11-19;/h5-7,10-11,16-17,28H,4,8-9,12-15,18H2,1-3H3,(H2,23,24,25);1H. The van der Waals surface area contributed by atoms with Crippen LogP contribution < -0.4 is 10.6 Å². The van der Waals surface area contributed by atoms with Crippen LogP contribution in [0.1, 0.15) is 37.8 Å². The molecule has 1 atom stereocenters. The Bertz CT molecular complexity index is 734. The highest BCUT2D eigenvalue weighted by Crippen LogP contribution is 2.19. The molecule has 168 valence electrons. The van der Waals surface area contributed by atoms with Crippen LogP contribution in [0.15, 0.2) is 47.7 Å². The number of aryl methyl sites for hydroxylation is 1. The summed E-state index contributed by atoms with van der Waals surface area (Å²) in [7, 11) is 1.83. The predicted octanol–water partition coefficient (Wildman–Crippen LogP) is 2.84. The van der Waals surface area contributed by atoms with Crippen molar-refractivity contribution in [2.45, 2.75) is 38.7 Å². The molecule has 0 bridgehead atoms. The van der Waals surface area contributed by atoms with Crippen LogP contribution in [0.2, 0.25) is 0 Å². The molecule has 0 saturated heterocycles. The number of hydrogen-bond acceptors (Lipinski definition) is 4. The molecule has 0 fully saturated rings. The van der Waals surface area contributed by atoms with E-state index in [9.17, 15) is 5.11 Å². The number of aromatic nitrogens is 2. The number of halogens is 1. The Kier molecular flexibility index (Phi) is 12.6. The van der Waals surface area contributed by atoms with Crippen molar-refractivity contribution in [2.24, 2.45) is 12.0 Å². The zero-order valence-corrected chi connectivity index (χ0v) is 20.6. The monoisotopic (exact) mass is 529 g/mol. The number of guanidine groups is 1. The van der Waals surface area contributed by atoms with Crippen molar-refractivity contribution in [3.05, 3.63) is 53.9 Å². The van der Waals surface area contributed by atoms with E-state index in [-0.39, 0.29) is 30.5 Å². The highest BCUT2D eigenvalue weighted by Gasteiger charge is 2.24. The van der Waals surface area contributed by atoms with Gasteiger partial charge >= 0.3 is 0 Å². The van der Waals surface area contributed by atoms with E-state index in [0.29, 0.717) is 5.96 Å². The molecule has 2 rings (SSSR count). The number of aliphatic hydroxyl groups is 1. The molecule has 0 spiro atoms. The highest BCUT2D eigenvalue weighted by molar-refractivity contribution is 14.0. The van der Waals surface area contributed by atoms with Crippen LogP contribution in [0, 0.1) is 0 Å². The van der Waals surface area contributed by atoms with Crippen LogP contribution in [-0.2, 0) is 23.8 Å². The Morgan fingerprint density at radius 2 is 1.97 bits per heavy atom. The first-order valence-corrected chi connectivity index (χ1v) is 10.4. The lowest BCUT2D eigenvalue weighted by Gasteiger charge is -2.20. The van der Waals surface area contributed by atoms with Crippen LogP contribution in [-0.4, -0.2) is 53.7 Å². The zero-order chi connectivity index (χ0) is 21.0. The summed E-state index contributed by atoms with van der Waals surface area (Å²) in [6, 6.07) is 10.4. The average molecular weight is 529 g/mol. The van der Waals surface area contributed by atoms with Gasteiger partial charge in [0.15, 0.2) is 5.96 Å². The van der Waals surface area contributed by atoms with Gasteiger partial charge < -0.3 is 20.5 Å². The van der Waals surface area contributed by atoms with E-state index in [1.807, 2.05) is 26.2 Å². The van der Waals surface area contributed by atoms with Gasteiger partial charge in [0.25, 0.3) is 0 Å². The molecule has 7 nitrogen and oxygen atoms in total. The summed E-state index contributed by atoms with van der Waals surface area (Å²) < 4.78 is 7.40. The van der Waals surface area contributed by atoms with Crippen LogP contribution in [0.4, 0.5) is 0 Å². The molecule has 3 N–H and O–H groups in total. The van der Waals surface area contributed by atoms with Gasteiger partial charge in [0, 0.05) is 38.5 Å². The summed E-state index contributed by atoms with van der Waals surface area (Å²) in [5, 5.41) is 21.3. The topological polar surface area (TPSA) is 83.7 Å². The maximum Gasteiger partial charge on any atom is 0.191 e. The van der Waals surface area contributed by atoms with E-state index in [0.717, 1.165) is 51.1 Å². The van der Waals surface area contributed by atoms with Crippen molar-refractivity contribution in [1.82, 2.24) is 20.4 Å². The van der Waals surface area contributed by atoms with E-state index < -0.39 is 5.60 Å². The molecule has 1 unspecified atom stereocenters. The van der Waals surface area contributed by atoms with Crippen LogP contribution in [0.3, 0.4) is 0 Å². The SMILES string of the molecule is CCNC(=NCC(C)(O)c1cnn(C)c1)NCCCCOCCc1ccccc1.I. The van der Waals surface area contributed by atoms with Crippen LogP contribution >= 0.6 is 24.0 Å². The Balaban J connectivity index is 0.00000450. The number of benzene rings is 1. The number of unbranched alkanes of at least 4 members (excludes halogenated alkanes) is 1. The van der Waals surface area contributed by atoms with E-state index >= 15 is 0 Å². The van der Waals surface area contributed by atoms with Crippen molar-refractivity contribution in [3.63, 3.8) is 0 Å². The van der Waals surface area contributed by atoms with Gasteiger partial charge in [-0.25, -0.2) is 4.99 Å². The first-order chi connectivity index (χ1) is 14.0. The molecule has 1 aromatic carbocycles. The minimum absolute atomic E-state index is 0. The third-order valence-electron chi connectivity index (χ3n) is 4.60. The summed E-state index contributed by atoms with van der Waals surface area (Å²) in [6.07, 6.45) is 6.43. The zero-order valence-electron chi connectivity index (χ0n) is 18.3. The van der Waals surface area contributed by atoms with Gasteiger partial charge in [0.1, 0.15) is 5.60 Å². The molecule has 0 aliphatic carbocycles. The van der Waals surface area contributed by atoms with Gasteiger partial charge in [0.2, 0.25) is 0 Å². The molecule has 0 aliphatic heterocycles. The molecule has 0 amide bonds. The van der Waals surface area contributed by atoms with Crippen LogP contribution in [0.25, 0.3) is 0 Å². The van der Waals surface area contributed by atoms with Gasteiger partial charge in [-0.3, -0.25) is 4.68 Å². The fraction of sp³-hybridized carbons (Fsp3) is 0.545. The second kappa shape index (κ2) is 14.4. The van der Waals surface area contributed by atoms with E-state index in [1.54, 1.807) is 17.8 Å². The number of nitrogens with zero attached hydrogens (tertiary/aromatic N) is 3. The van der Waals surface area contributed by atoms with E-state index in [4.69, 9.17) is 4.74 Å². The normalized spacial score (nSPS) is 13.4. The smallest absolute Gasteiger partial charge is 0.191 e. The summed E-state index contributed by atoms with van der Waals surface area (Å²) in [6.45, 7) is 7.13. The molecule has 0 saturated carbocycles. The van der Waals surface area contributed by atoms with Crippen LogP contribution in [0.5, 0.6) is 0 Å². The summed E-state index contributed by atoms with van der Waals surface area (Å²) >= 11 is 0. The van der Waals surface area contributed by atoms with Crippen molar-refractivity contribution in [3.8, 4) is 0 Å². The second-order valence-electron chi connectivity index (χ2n) is 7.35. The molecular formula is C22H36IN5O2. The number of ether oxygens (including phenoxy) is 1. The maximum absolute atomic E-state index is 10.7. The Morgan fingerprint density at radius 3 is 2.63 bits per heavy atom. The predicted molar refractivity (Wildman–Crippen MR) is 132 cm³/mol. The maximum atomic E-state index is 10.7. The fourth-order valence-electron chi connectivity index (χ4n) is 2.84. The summed E-state index contributed by atoms with van der Waals surface area (Å²) in [5.41, 5.74) is 1.01. The Hall–Kier alpha value is -1.65. The molecule has 30 heavy (non-hydrogen) atoms. The highest BCUT2D eigenvalue weighted by atomic mass is 127. The number of hydrogen-bond donors (Lipinski definition) is 3. The quantitative estimate of drug-likeness (QED) is 0.171. The third kappa shape index (κ3) is 9.90. The lowest BCUT2D eigenvalue weighted by molar-refractivity contribution is 0.0672. The lowest BCUT2D eigenvalue weighted by atomic mass is 10.0. The Morgan fingerprint density at radius 1 is 1.20 bits per heavy atom. The third-order valence-corrected chi connectivity index (χ3v) is 4.60. The molecule has 2 aromatic rings. The van der Waals surface area contributed by atoms with Gasteiger partial charge in [-0.1, -0.05) is 30.3 Å². The second-order valence-corrected chi connectivity index (χ2v) is 7.35. The molecule has 8 heteroatoms. The van der Waals surface area contributed by atoms with E-state index in [2.05, 4.69) is 45.0 Å². The fourth-order valence-corrected chi connectivity index (χ4v) is 2.84. The van der Waals surface area contributed by atoms with Crippen molar-refractivity contribution in [2.75, 3.05) is 32.8 Å². The first kappa shape index (κ1) is 26.4. The number of aliphatic imine (C=N–C) groups is 1. The van der Waals surface area contributed by atoms with Crippen molar-refractivity contribution < 1.29 is 9.84 Å². The largest absolute Gasteiger partial charge is 0.383 e.